The van der Waals surface area contributed by atoms with Crippen LogP contribution in [0.2, 0.25) is 0 Å². The minimum Gasteiger partial charge on any atom is -0.311 e. The predicted octanol–water partition coefficient (Wildman–Crippen LogP) is 3.03. The molecule has 1 aliphatic carbocycles. The van der Waals surface area contributed by atoms with Gasteiger partial charge in [-0.05, 0) is 38.0 Å². The van der Waals surface area contributed by atoms with E-state index in [-0.39, 0.29) is 0 Å². The number of piperazine rings is 1. The van der Waals surface area contributed by atoms with Crippen LogP contribution in [-0.4, -0.2) is 36.6 Å². The van der Waals surface area contributed by atoms with Crippen molar-refractivity contribution in [1.82, 2.24) is 10.2 Å². The Morgan fingerprint density at radius 1 is 1.12 bits per heavy atom. The minimum atomic E-state index is 0.762. The molecule has 1 atom stereocenters. The Hall–Kier alpha value is -0.0800. The van der Waals surface area contributed by atoms with Gasteiger partial charge >= 0.3 is 0 Å². The molecular formula is C15H30N2. The third-order valence-corrected chi connectivity index (χ3v) is 4.83. The molecule has 0 spiro atoms. The van der Waals surface area contributed by atoms with Crippen molar-refractivity contribution < 1.29 is 0 Å². The van der Waals surface area contributed by atoms with E-state index in [9.17, 15) is 0 Å². The van der Waals surface area contributed by atoms with Gasteiger partial charge in [-0.1, -0.05) is 26.7 Å². The standard InChI is InChI=1S/C15H30N2/c1-3-5-14-12-17(11-10-16-14)15-8-6-13(4-2)7-9-15/h13-16H,3-12H2,1-2H3. The number of nitrogens with one attached hydrogen (secondary N) is 1. The predicted molar refractivity (Wildman–Crippen MR) is 74.3 cm³/mol. The average molecular weight is 238 g/mol. The van der Waals surface area contributed by atoms with E-state index in [2.05, 4.69) is 24.1 Å². The summed E-state index contributed by atoms with van der Waals surface area (Å²) >= 11 is 0. The minimum absolute atomic E-state index is 0.762. The number of nitrogens with zero attached hydrogens (tertiary/aromatic N) is 1. The van der Waals surface area contributed by atoms with Crippen molar-refractivity contribution in [1.29, 1.82) is 0 Å². The molecule has 2 rings (SSSR count). The largest absolute Gasteiger partial charge is 0.311 e. The highest BCUT2D eigenvalue weighted by Gasteiger charge is 2.28. The van der Waals surface area contributed by atoms with Crippen LogP contribution in [0.1, 0.15) is 58.8 Å². The first-order chi connectivity index (χ1) is 8.33. The van der Waals surface area contributed by atoms with Gasteiger partial charge in [0.15, 0.2) is 0 Å². The van der Waals surface area contributed by atoms with E-state index >= 15 is 0 Å². The van der Waals surface area contributed by atoms with Crippen LogP contribution < -0.4 is 5.32 Å². The van der Waals surface area contributed by atoms with Crippen molar-refractivity contribution in [2.75, 3.05) is 19.6 Å². The maximum atomic E-state index is 3.67. The van der Waals surface area contributed by atoms with Crippen molar-refractivity contribution in [3.63, 3.8) is 0 Å². The van der Waals surface area contributed by atoms with Crippen LogP contribution in [0, 0.1) is 5.92 Å². The fraction of sp³-hybridized carbons (Fsp3) is 1.00. The maximum absolute atomic E-state index is 3.67. The van der Waals surface area contributed by atoms with Crippen molar-refractivity contribution in [3.8, 4) is 0 Å². The second kappa shape index (κ2) is 6.75. The quantitative estimate of drug-likeness (QED) is 0.810. The highest BCUT2D eigenvalue weighted by atomic mass is 15.2. The van der Waals surface area contributed by atoms with Gasteiger partial charge in [0, 0.05) is 31.7 Å². The van der Waals surface area contributed by atoms with Crippen LogP contribution in [0.5, 0.6) is 0 Å². The zero-order chi connectivity index (χ0) is 12.1. The van der Waals surface area contributed by atoms with Gasteiger partial charge in [0.1, 0.15) is 0 Å². The van der Waals surface area contributed by atoms with E-state index in [0.29, 0.717) is 0 Å². The van der Waals surface area contributed by atoms with E-state index in [1.807, 2.05) is 0 Å². The van der Waals surface area contributed by atoms with Gasteiger partial charge in [-0.3, -0.25) is 4.90 Å². The monoisotopic (exact) mass is 238 g/mol. The molecule has 0 amide bonds. The molecule has 0 bridgehead atoms. The Morgan fingerprint density at radius 2 is 1.88 bits per heavy atom. The number of rotatable bonds is 4. The molecule has 2 heteroatoms. The van der Waals surface area contributed by atoms with E-state index in [0.717, 1.165) is 18.0 Å². The Morgan fingerprint density at radius 3 is 2.53 bits per heavy atom. The molecule has 100 valence electrons. The molecule has 0 aromatic rings. The topological polar surface area (TPSA) is 15.3 Å². The van der Waals surface area contributed by atoms with Crippen LogP contribution in [0.3, 0.4) is 0 Å². The summed E-state index contributed by atoms with van der Waals surface area (Å²) in [5.74, 6) is 1.03. The average Bonchev–Trinajstić information content (AvgIpc) is 2.40. The Bertz CT molecular complexity index is 207. The summed E-state index contributed by atoms with van der Waals surface area (Å²) in [5.41, 5.74) is 0. The van der Waals surface area contributed by atoms with E-state index in [1.165, 1.54) is 64.6 Å². The highest BCUT2D eigenvalue weighted by Crippen LogP contribution is 2.30. The zero-order valence-electron chi connectivity index (χ0n) is 11.8. The molecule has 1 N–H and O–H groups in total. The van der Waals surface area contributed by atoms with Crippen molar-refractivity contribution in [2.45, 2.75) is 70.9 Å². The van der Waals surface area contributed by atoms with Gasteiger partial charge in [-0.2, -0.15) is 0 Å². The lowest BCUT2D eigenvalue weighted by molar-refractivity contribution is 0.0989. The summed E-state index contributed by atoms with van der Waals surface area (Å²) in [7, 11) is 0. The third-order valence-electron chi connectivity index (χ3n) is 4.83. The molecule has 2 aliphatic rings. The van der Waals surface area contributed by atoms with Gasteiger partial charge in [0.2, 0.25) is 0 Å². The molecule has 0 aromatic heterocycles. The Kier molecular flexibility index (Phi) is 5.30. The fourth-order valence-corrected chi connectivity index (χ4v) is 3.64. The molecular weight excluding hydrogens is 208 g/mol. The highest BCUT2D eigenvalue weighted by molar-refractivity contribution is 4.85. The molecule has 1 saturated heterocycles. The van der Waals surface area contributed by atoms with Crippen LogP contribution in [0.15, 0.2) is 0 Å². The number of hydrogen-bond donors (Lipinski definition) is 1. The van der Waals surface area contributed by atoms with Gasteiger partial charge in [-0.15, -0.1) is 0 Å². The molecule has 2 fully saturated rings. The number of hydrogen-bond acceptors (Lipinski definition) is 2. The fourth-order valence-electron chi connectivity index (χ4n) is 3.64. The van der Waals surface area contributed by atoms with Gasteiger partial charge in [0.25, 0.3) is 0 Å². The van der Waals surface area contributed by atoms with E-state index in [1.54, 1.807) is 0 Å². The lowest BCUT2D eigenvalue weighted by Gasteiger charge is -2.41. The van der Waals surface area contributed by atoms with Gasteiger partial charge in [0.05, 0.1) is 0 Å². The smallest absolute Gasteiger partial charge is 0.0195 e. The molecule has 0 radical (unpaired) electrons. The summed E-state index contributed by atoms with van der Waals surface area (Å²) in [6.07, 6.45) is 9.92. The first-order valence-electron chi connectivity index (χ1n) is 7.80. The van der Waals surface area contributed by atoms with E-state index in [4.69, 9.17) is 0 Å². The van der Waals surface area contributed by atoms with Gasteiger partial charge in [-0.25, -0.2) is 0 Å². The molecule has 0 aromatic carbocycles. The Balaban J connectivity index is 1.77. The first kappa shape index (κ1) is 13.4. The summed E-state index contributed by atoms with van der Waals surface area (Å²) in [6.45, 7) is 8.44. The summed E-state index contributed by atoms with van der Waals surface area (Å²) in [4.78, 5) is 2.78. The van der Waals surface area contributed by atoms with Crippen LogP contribution in [-0.2, 0) is 0 Å². The molecule has 2 nitrogen and oxygen atoms in total. The van der Waals surface area contributed by atoms with Crippen LogP contribution in [0.25, 0.3) is 0 Å². The van der Waals surface area contributed by atoms with Gasteiger partial charge < -0.3 is 5.32 Å². The lowest BCUT2D eigenvalue weighted by atomic mass is 9.83. The van der Waals surface area contributed by atoms with Crippen molar-refractivity contribution >= 4 is 0 Å². The molecule has 1 saturated carbocycles. The zero-order valence-corrected chi connectivity index (χ0v) is 11.8. The second-order valence-corrected chi connectivity index (χ2v) is 6.02. The summed E-state index contributed by atoms with van der Waals surface area (Å²) in [5, 5.41) is 3.67. The van der Waals surface area contributed by atoms with Crippen molar-refractivity contribution in [3.05, 3.63) is 0 Å². The normalized spacial score (nSPS) is 36.0. The lowest BCUT2D eigenvalue weighted by Crippen LogP contribution is -2.54. The van der Waals surface area contributed by atoms with Crippen molar-refractivity contribution in [2.24, 2.45) is 5.92 Å². The molecule has 1 unspecified atom stereocenters. The SMILES string of the molecule is CCCC1CN(C2CCC(CC)CC2)CCN1. The third kappa shape index (κ3) is 3.69. The van der Waals surface area contributed by atoms with Crippen LogP contribution in [0.4, 0.5) is 0 Å². The Labute approximate surface area is 107 Å². The van der Waals surface area contributed by atoms with E-state index < -0.39 is 0 Å². The second-order valence-electron chi connectivity index (χ2n) is 6.02. The molecule has 1 heterocycles. The summed E-state index contributed by atoms with van der Waals surface area (Å²) in [6, 6.07) is 1.66. The molecule has 17 heavy (non-hydrogen) atoms. The maximum Gasteiger partial charge on any atom is 0.0195 e. The molecule has 1 aliphatic heterocycles. The first-order valence-corrected chi connectivity index (χ1v) is 7.80. The summed E-state index contributed by atoms with van der Waals surface area (Å²) < 4.78 is 0. The van der Waals surface area contributed by atoms with Crippen LogP contribution >= 0.6 is 0 Å².